The maximum atomic E-state index is 5.84. The number of hydrogen-bond donors (Lipinski definition) is 1. The molecule has 0 bridgehead atoms. The van der Waals surface area contributed by atoms with Crippen molar-refractivity contribution in [1.29, 1.82) is 0 Å². The third-order valence-corrected chi connectivity index (χ3v) is 3.41. The van der Waals surface area contributed by atoms with Gasteiger partial charge in [0.15, 0.2) is 0 Å². The Kier molecular flexibility index (Phi) is 4.61. The molecule has 0 aliphatic carbocycles. The van der Waals surface area contributed by atoms with Crippen molar-refractivity contribution in [3.63, 3.8) is 0 Å². The minimum absolute atomic E-state index is 0.434. The number of hydrogen-bond acceptors (Lipinski definition) is 4. The van der Waals surface area contributed by atoms with Gasteiger partial charge in [0.05, 0.1) is 5.69 Å². The number of aromatic nitrogens is 1. The Bertz CT molecular complexity index is 469. The molecule has 0 spiro atoms. The van der Waals surface area contributed by atoms with Crippen LogP contribution in [0.1, 0.15) is 11.3 Å². The first-order chi connectivity index (χ1) is 8.85. The molecule has 0 amide bonds. The van der Waals surface area contributed by atoms with Gasteiger partial charge in [0, 0.05) is 23.2 Å². The normalized spacial score (nSPS) is 10.3. The molecule has 2 aromatic rings. The van der Waals surface area contributed by atoms with Crippen LogP contribution >= 0.6 is 11.8 Å². The third kappa shape index (κ3) is 3.03. The van der Waals surface area contributed by atoms with Gasteiger partial charge in [-0.05, 0) is 24.5 Å². The van der Waals surface area contributed by atoms with Gasteiger partial charge in [-0.2, -0.15) is 0 Å². The first-order valence-corrected chi connectivity index (χ1v) is 6.96. The fourth-order valence-electron chi connectivity index (χ4n) is 1.68. The van der Waals surface area contributed by atoms with Crippen molar-refractivity contribution >= 4 is 11.8 Å². The Morgan fingerprint density at radius 2 is 2.06 bits per heavy atom. The van der Waals surface area contributed by atoms with E-state index in [2.05, 4.69) is 4.98 Å². The van der Waals surface area contributed by atoms with Crippen molar-refractivity contribution in [2.24, 2.45) is 5.73 Å². The maximum absolute atomic E-state index is 5.84. The van der Waals surface area contributed by atoms with E-state index < -0.39 is 0 Å². The molecular weight excluding hydrogens is 244 g/mol. The van der Waals surface area contributed by atoms with E-state index in [9.17, 15) is 0 Å². The number of rotatable bonds is 5. The summed E-state index contributed by atoms with van der Waals surface area (Å²) >= 11 is 1.68. The fraction of sp³-hybridized carbons (Fsp3) is 0.214. The smallest absolute Gasteiger partial charge is 0.133 e. The van der Waals surface area contributed by atoms with Gasteiger partial charge in [-0.3, -0.25) is 4.98 Å². The molecule has 1 heterocycles. The van der Waals surface area contributed by atoms with Gasteiger partial charge in [0.1, 0.15) is 12.4 Å². The number of para-hydroxylation sites is 1. The Morgan fingerprint density at radius 3 is 2.83 bits per heavy atom. The molecule has 2 rings (SSSR count). The van der Waals surface area contributed by atoms with Crippen LogP contribution in [0.4, 0.5) is 0 Å². The van der Waals surface area contributed by atoms with E-state index in [-0.39, 0.29) is 0 Å². The summed E-state index contributed by atoms with van der Waals surface area (Å²) in [7, 11) is 0. The minimum Gasteiger partial charge on any atom is -0.488 e. The van der Waals surface area contributed by atoms with E-state index in [0.717, 1.165) is 21.9 Å². The maximum Gasteiger partial charge on any atom is 0.133 e. The van der Waals surface area contributed by atoms with Crippen LogP contribution in [0, 0.1) is 0 Å². The molecule has 0 aliphatic rings. The number of benzene rings is 1. The number of thioether (sulfide) groups is 1. The predicted molar refractivity (Wildman–Crippen MR) is 74.7 cm³/mol. The van der Waals surface area contributed by atoms with E-state index in [0.29, 0.717) is 13.2 Å². The van der Waals surface area contributed by atoms with Crippen molar-refractivity contribution in [2.75, 3.05) is 6.26 Å². The number of ether oxygens (including phenoxy) is 1. The Hall–Kier alpha value is -1.52. The summed E-state index contributed by atoms with van der Waals surface area (Å²) in [5, 5.41) is 0. The van der Waals surface area contributed by atoms with Crippen molar-refractivity contribution in [3.05, 3.63) is 53.9 Å². The van der Waals surface area contributed by atoms with Crippen molar-refractivity contribution in [1.82, 2.24) is 4.98 Å². The lowest BCUT2D eigenvalue weighted by Gasteiger charge is -2.11. The molecule has 2 N–H and O–H groups in total. The fourth-order valence-corrected chi connectivity index (χ4v) is 2.22. The standard InChI is InChI=1S/C14H16N2OS/c1-18-14-7-3-2-6-13(14)17-10-11-5-4-8-16-12(11)9-15/h2-8H,9-10,15H2,1H3. The van der Waals surface area contributed by atoms with Crippen LogP contribution in [0.15, 0.2) is 47.5 Å². The highest BCUT2D eigenvalue weighted by Crippen LogP contribution is 2.27. The Labute approximate surface area is 111 Å². The lowest BCUT2D eigenvalue weighted by Crippen LogP contribution is -2.07. The van der Waals surface area contributed by atoms with Gasteiger partial charge >= 0.3 is 0 Å². The van der Waals surface area contributed by atoms with Crippen LogP contribution in [0.3, 0.4) is 0 Å². The topological polar surface area (TPSA) is 48.1 Å². The molecule has 0 saturated carbocycles. The summed E-state index contributed by atoms with van der Waals surface area (Å²) in [5.74, 6) is 0.900. The number of nitrogens with zero attached hydrogens (tertiary/aromatic N) is 1. The molecule has 4 heteroatoms. The molecule has 0 saturated heterocycles. The zero-order valence-corrected chi connectivity index (χ0v) is 11.1. The molecule has 3 nitrogen and oxygen atoms in total. The van der Waals surface area contributed by atoms with Crippen molar-refractivity contribution in [3.8, 4) is 5.75 Å². The van der Waals surface area contributed by atoms with E-state index in [1.165, 1.54) is 0 Å². The van der Waals surface area contributed by atoms with Crippen LogP contribution in [0.2, 0.25) is 0 Å². The zero-order chi connectivity index (χ0) is 12.8. The first kappa shape index (κ1) is 12.9. The average molecular weight is 260 g/mol. The van der Waals surface area contributed by atoms with Gasteiger partial charge in [-0.15, -0.1) is 11.8 Å². The lowest BCUT2D eigenvalue weighted by molar-refractivity contribution is 0.297. The zero-order valence-electron chi connectivity index (χ0n) is 10.3. The monoisotopic (exact) mass is 260 g/mol. The Balaban J connectivity index is 2.11. The van der Waals surface area contributed by atoms with Crippen molar-refractivity contribution < 1.29 is 4.74 Å². The minimum atomic E-state index is 0.434. The average Bonchev–Trinajstić information content (AvgIpc) is 2.45. The molecule has 0 aliphatic heterocycles. The second kappa shape index (κ2) is 6.42. The SMILES string of the molecule is CSc1ccccc1OCc1cccnc1CN. The van der Waals surface area contributed by atoms with Gasteiger partial charge in [0.25, 0.3) is 0 Å². The van der Waals surface area contributed by atoms with E-state index in [4.69, 9.17) is 10.5 Å². The highest BCUT2D eigenvalue weighted by atomic mass is 32.2. The highest BCUT2D eigenvalue weighted by Gasteiger charge is 2.05. The van der Waals surface area contributed by atoms with Crippen LogP contribution < -0.4 is 10.5 Å². The quantitative estimate of drug-likeness (QED) is 0.840. The molecule has 0 unspecified atom stereocenters. The number of nitrogens with two attached hydrogens (primary N) is 1. The first-order valence-electron chi connectivity index (χ1n) is 5.74. The van der Waals surface area contributed by atoms with Crippen LogP contribution in [0.25, 0.3) is 0 Å². The second-order valence-electron chi connectivity index (χ2n) is 3.75. The summed E-state index contributed by atoms with van der Waals surface area (Å²) in [6.07, 6.45) is 3.79. The molecule has 0 radical (unpaired) electrons. The second-order valence-corrected chi connectivity index (χ2v) is 4.60. The molecule has 18 heavy (non-hydrogen) atoms. The van der Waals surface area contributed by atoms with Crippen molar-refractivity contribution in [2.45, 2.75) is 18.0 Å². The summed E-state index contributed by atoms with van der Waals surface area (Å²) < 4.78 is 5.84. The lowest BCUT2D eigenvalue weighted by atomic mass is 10.2. The summed E-state index contributed by atoms with van der Waals surface area (Å²) in [6, 6.07) is 11.9. The third-order valence-electron chi connectivity index (χ3n) is 2.63. The largest absolute Gasteiger partial charge is 0.488 e. The molecule has 1 aromatic carbocycles. The van der Waals surface area contributed by atoms with Crippen LogP contribution in [0.5, 0.6) is 5.75 Å². The predicted octanol–water partition coefficient (Wildman–Crippen LogP) is 2.84. The summed E-state index contributed by atoms with van der Waals surface area (Å²) in [4.78, 5) is 5.38. The number of pyridine rings is 1. The van der Waals surface area contributed by atoms with Crippen LogP contribution in [-0.2, 0) is 13.2 Å². The highest BCUT2D eigenvalue weighted by molar-refractivity contribution is 7.98. The van der Waals surface area contributed by atoms with Gasteiger partial charge in [0.2, 0.25) is 0 Å². The summed E-state index contributed by atoms with van der Waals surface area (Å²) in [6.45, 7) is 0.932. The van der Waals surface area contributed by atoms with E-state index in [1.807, 2.05) is 42.7 Å². The van der Waals surface area contributed by atoms with Gasteiger partial charge in [-0.1, -0.05) is 18.2 Å². The molecular formula is C14H16N2OS. The molecule has 0 fully saturated rings. The molecule has 94 valence electrons. The Morgan fingerprint density at radius 1 is 1.22 bits per heavy atom. The molecule has 1 aromatic heterocycles. The van der Waals surface area contributed by atoms with Gasteiger partial charge in [-0.25, -0.2) is 0 Å². The van der Waals surface area contributed by atoms with E-state index in [1.54, 1.807) is 18.0 Å². The summed E-state index contributed by atoms with van der Waals surface area (Å²) in [5.41, 5.74) is 7.58. The van der Waals surface area contributed by atoms with E-state index >= 15 is 0 Å². The van der Waals surface area contributed by atoms with Gasteiger partial charge < -0.3 is 10.5 Å². The van der Waals surface area contributed by atoms with Crippen LogP contribution in [-0.4, -0.2) is 11.2 Å². The molecule has 0 atom stereocenters.